The van der Waals surface area contributed by atoms with Gasteiger partial charge in [-0.2, -0.15) is 0 Å². The molecular weight excluding hydrogens is 256 g/mol. The van der Waals surface area contributed by atoms with Crippen molar-refractivity contribution in [2.45, 2.75) is 6.92 Å². The molecule has 15 heavy (non-hydrogen) atoms. The highest BCUT2D eigenvalue weighted by molar-refractivity contribution is 9.10. The van der Waals surface area contributed by atoms with Gasteiger partial charge in [0.15, 0.2) is 0 Å². The molecule has 0 aromatic heterocycles. The Hall–Kier alpha value is -1.29. The van der Waals surface area contributed by atoms with Crippen molar-refractivity contribution in [3.63, 3.8) is 0 Å². The van der Waals surface area contributed by atoms with Crippen LogP contribution in [0.4, 0.5) is 4.79 Å². The molecule has 0 saturated heterocycles. The van der Waals surface area contributed by atoms with Crippen LogP contribution in [0.3, 0.4) is 0 Å². The Balaban J connectivity index is 2.52. The molecule has 0 spiro atoms. The molecule has 0 aliphatic rings. The van der Waals surface area contributed by atoms with Crippen molar-refractivity contribution in [1.82, 2.24) is 10.6 Å². The van der Waals surface area contributed by atoms with E-state index in [0.29, 0.717) is 6.54 Å². The van der Waals surface area contributed by atoms with E-state index in [2.05, 4.69) is 26.6 Å². The number of nitrogens with one attached hydrogen (secondary N) is 2. The van der Waals surface area contributed by atoms with Crippen LogP contribution in [-0.2, 0) is 0 Å². The summed E-state index contributed by atoms with van der Waals surface area (Å²) >= 11 is 3.41. The first-order chi connectivity index (χ1) is 7.24. The number of halogens is 1. The van der Waals surface area contributed by atoms with E-state index in [-0.39, 0.29) is 6.03 Å². The fourth-order valence-electron chi connectivity index (χ4n) is 1.03. The minimum absolute atomic E-state index is 0.194. The molecule has 80 valence electrons. The van der Waals surface area contributed by atoms with E-state index < -0.39 is 0 Å². The summed E-state index contributed by atoms with van der Waals surface area (Å²) in [4.78, 5) is 11.0. The predicted molar refractivity (Wildman–Crippen MR) is 65.4 cm³/mol. The number of benzene rings is 1. The van der Waals surface area contributed by atoms with Crippen LogP contribution in [0.1, 0.15) is 12.5 Å². The highest BCUT2D eigenvalue weighted by Crippen LogP contribution is 2.16. The molecule has 1 rings (SSSR count). The summed E-state index contributed by atoms with van der Waals surface area (Å²) in [6, 6.07) is 7.60. The van der Waals surface area contributed by atoms with E-state index in [0.717, 1.165) is 10.0 Å². The van der Waals surface area contributed by atoms with Gasteiger partial charge in [0.1, 0.15) is 0 Å². The number of amides is 2. The number of rotatable bonds is 3. The molecule has 3 nitrogen and oxygen atoms in total. The molecule has 0 unspecified atom stereocenters. The van der Waals surface area contributed by atoms with Gasteiger partial charge >= 0.3 is 6.03 Å². The lowest BCUT2D eigenvalue weighted by Crippen LogP contribution is -2.31. The zero-order chi connectivity index (χ0) is 11.1. The number of carbonyl (C=O) groups is 1. The Morgan fingerprint density at radius 3 is 2.87 bits per heavy atom. The first kappa shape index (κ1) is 11.8. The third-order valence-electron chi connectivity index (χ3n) is 1.72. The van der Waals surface area contributed by atoms with Gasteiger partial charge in [-0.3, -0.25) is 0 Å². The average Bonchev–Trinajstić information content (AvgIpc) is 2.21. The topological polar surface area (TPSA) is 41.1 Å². The maximum atomic E-state index is 11.0. The Morgan fingerprint density at radius 2 is 2.20 bits per heavy atom. The van der Waals surface area contributed by atoms with Crippen molar-refractivity contribution >= 4 is 28.0 Å². The number of hydrogen-bond donors (Lipinski definition) is 2. The van der Waals surface area contributed by atoms with Crippen LogP contribution < -0.4 is 10.6 Å². The van der Waals surface area contributed by atoms with E-state index >= 15 is 0 Å². The molecule has 0 aliphatic heterocycles. The van der Waals surface area contributed by atoms with Crippen molar-refractivity contribution in [2.24, 2.45) is 0 Å². The van der Waals surface area contributed by atoms with Gasteiger partial charge in [-0.05, 0) is 24.6 Å². The van der Waals surface area contributed by atoms with Gasteiger partial charge in [-0.25, -0.2) is 4.79 Å². The summed E-state index contributed by atoms with van der Waals surface area (Å²) in [5.74, 6) is 0. The number of hydrogen-bond acceptors (Lipinski definition) is 1. The maximum absolute atomic E-state index is 11.0. The second kappa shape index (κ2) is 6.24. The van der Waals surface area contributed by atoms with Crippen LogP contribution in [-0.4, -0.2) is 12.6 Å². The number of carbonyl (C=O) groups excluding carboxylic acids is 1. The normalized spacial score (nSPS) is 10.3. The molecule has 2 amide bonds. The molecular formula is C11H13BrN2O. The van der Waals surface area contributed by atoms with Gasteiger partial charge in [0.2, 0.25) is 0 Å². The highest BCUT2D eigenvalue weighted by Gasteiger charge is 1.94. The average molecular weight is 269 g/mol. The summed E-state index contributed by atoms with van der Waals surface area (Å²) in [6.07, 6.45) is 3.45. The fraction of sp³-hybridized carbons (Fsp3) is 0.182. The molecule has 0 aliphatic carbocycles. The lowest BCUT2D eigenvalue weighted by atomic mass is 10.2. The third kappa shape index (κ3) is 4.16. The van der Waals surface area contributed by atoms with Gasteiger partial charge in [0, 0.05) is 17.2 Å². The van der Waals surface area contributed by atoms with Crippen molar-refractivity contribution in [3.8, 4) is 0 Å². The van der Waals surface area contributed by atoms with Crippen LogP contribution in [0.15, 0.2) is 34.9 Å². The molecule has 1 aromatic rings. The van der Waals surface area contributed by atoms with E-state index in [4.69, 9.17) is 0 Å². The number of urea groups is 1. The molecule has 0 saturated carbocycles. The third-order valence-corrected chi connectivity index (χ3v) is 2.44. The Bertz CT molecular complexity index is 363. The molecule has 0 heterocycles. The quantitative estimate of drug-likeness (QED) is 0.870. The van der Waals surface area contributed by atoms with Crippen LogP contribution in [0.25, 0.3) is 6.08 Å². The van der Waals surface area contributed by atoms with E-state index in [1.807, 2.05) is 37.3 Å². The maximum Gasteiger partial charge on any atom is 0.318 e. The zero-order valence-electron chi connectivity index (χ0n) is 8.46. The standard InChI is InChI=1S/C11H13BrN2O/c1-2-13-11(15)14-8-7-9-5-3-4-6-10(9)12/h3-8H,2H2,1H3,(H2,13,14,15)/b8-7+. The lowest BCUT2D eigenvalue weighted by molar-refractivity contribution is 0.244. The van der Waals surface area contributed by atoms with Crippen molar-refractivity contribution in [3.05, 3.63) is 40.5 Å². The largest absolute Gasteiger partial charge is 0.338 e. The molecule has 0 atom stereocenters. The summed E-state index contributed by atoms with van der Waals surface area (Å²) in [5, 5.41) is 5.24. The van der Waals surface area contributed by atoms with Gasteiger partial charge in [0.05, 0.1) is 0 Å². The highest BCUT2D eigenvalue weighted by atomic mass is 79.9. The fourth-order valence-corrected chi connectivity index (χ4v) is 1.45. The van der Waals surface area contributed by atoms with Crippen molar-refractivity contribution in [1.29, 1.82) is 0 Å². The molecule has 4 heteroatoms. The Labute approximate surface area is 97.7 Å². The summed E-state index contributed by atoms with van der Waals surface area (Å²) in [5.41, 5.74) is 1.02. The lowest BCUT2D eigenvalue weighted by Gasteiger charge is -2.00. The van der Waals surface area contributed by atoms with E-state index in [9.17, 15) is 4.79 Å². The predicted octanol–water partition coefficient (Wildman–Crippen LogP) is 2.74. The van der Waals surface area contributed by atoms with Crippen LogP contribution >= 0.6 is 15.9 Å². The van der Waals surface area contributed by atoms with Gasteiger partial charge < -0.3 is 10.6 Å². The molecule has 0 bridgehead atoms. The SMILES string of the molecule is CCNC(=O)N/C=C/c1ccccc1Br. The summed E-state index contributed by atoms with van der Waals surface area (Å²) in [6.45, 7) is 2.49. The first-order valence-electron chi connectivity index (χ1n) is 4.69. The first-order valence-corrected chi connectivity index (χ1v) is 5.48. The van der Waals surface area contributed by atoms with E-state index in [1.165, 1.54) is 0 Å². The minimum Gasteiger partial charge on any atom is -0.338 e. The smallest absolute Gasteiger partial charge is 0.318 e. The monoisotopic (exact) mass is 268 g/mol. The Morgan fingerprint density at radius 1 is 1.47 bits per heavy atom. The Kier molecular flexibility index (Phi) is 4.90. The van der Waals surface area contributed by atoms with Gasteiger partial charge in [-0.1, -0.05) is 34.1 Å². The van der Waals surface area contributed by atoms with E-state index in [1.54, 1.807) is 6.20 Å². The molecule has 2 N–H and O–H groups in total. The van der Waals surface area contributed by atoms with Crippen LogP contribution in [0.2, 0.25) is 0 Å². The van der Waals surface area contributed by atoms with Crippen LogP contribution in [0, 0.1) is 0 Å². The molecule has 0 radical (unpaired) electrons. The molecule has 0 fully saturated rings. The molecule has 1 aromatic carbocycles. The summed E-state index contributed by atoms with van der Waals surface area (Å²) in [7, 11) is 0. The summed E-state index contributed by atoms with van der Waals surface area (Å²) < 4.78 is 0.999. The van der Waals surface area contributed by atoms with Crippen LogP contribution in [0.5, 0.6) is 0 Å². The second-order valence-corrected chi connectivity index (χ2v) is 3.71. The van der Waals surface area contributed by atoms with Crippen molar-refractivity contribution < 1.29 is 4.79 Å². The van der Waals surface area contributed by atoms with Gasteiger partial charge in [0.25, 0.3) is 0 Å². The van der Waals surface area contributed by atoms with Gasteiger partial charge in [-0.15, -0.1) is 0 Å². The second-order valence-electron chi connectivity index (χ2n) is 2.86. The minimum atomic E-state index is -0.194. The zero-order valence-corrected chi connectivity index (χ0v) is 10.0. The van der Waals surface area contributed by atoms with Crippen molar-refractivity contribution in [2.75, 3.05) is 6.54 Å².